The summed E-state index contributed by atoms with van der Waals surface area (Å²) < 4.78 is 50.2. The van der Waals surface area contributed by atoms with Gasteiger partial charge in [0, 0.05) is 36.0 Å². The number of phenolic OH excluding ortho intramolecular Hbond substituents is 2. The first-order valence-corrected chi connectivity index (χ1v) is 12.9. The summed E-state index contributed by atoms with van der Waals surface area (Å²) >= 11 is 0. The van der Waals surface area contributed by atoms with Gasteiger partial charge >= 0.3 is 12.1 Å². The molecule has 0 saturated carbocycles. The van der Waals surface area contributed by atoms with Crippen LogP contribution in [0.4, 0.5) is 13.2 Å². The Morgan fingerprint density at radius 2 is 1.79 bits per heavy atom. The third-order valence-electron chi connectivity index (χ3n) is 8.02. The van der Waals surface area contributed by atoms with E-state index < -0.39 is 96.4 Å². The number of aliphatic hydroxyl groups excluding tert-OH is 1. The van der Waals surface area contributed by atoms with Gasteiger partial charge in [0.2, 0.25) is 0 Å². The Balaban J connectivity index is 1.55. The zero-order valence-electron chi connectivity index (χ0n) is 22.2. The summed E-state index contributed by atoms with van der Waals surface area (Å²) in [6.07, 6.45) is -11.9. The molecule has 5 N–H and O–H groups in total. The summed E-state index contributed by atoms with van der Waals surface area (Å²) in [6, 6.07) is 3.67. The molecule has 0 spiro atoms. The van der Waals surface area contributed by atoms with Crippen molar-refractivity contribution in [2.45, 2.75) is 75.5 Å². The zero-order chi connectivity index (χ0) is 30.9. The van der Waals surface area contributed by atoms with E-state index in [2.05, 4.69) is 0 Å². The first-order valence-electron chi connectivity index (χ1n) is 12.9. The Morgan fingerprint density at radius 1 is 1.12 bits per heavy atom. The number of carbonyl (C=O) groups is 4. The Hall–Kier alpha value is -3.85. The Morgan fingerprint density at radius 3 is 2.43 bits per heavy atom. The number of hydrogen-bond acceptors (Lipinski definition) is 10. The maximum Gasteiger partial charge on any atom is 0.471 e. The standard InChI is InChI=1S/C28H26F3NO10/c1-10-22(35)16(32-26(39)28(29,30)31)7-19(41-10)42-18-9-27(40,11(2)33)8-15-13(18)6-14-21(25(15)38)23(36)12-4-3-5-17(34)20(12)24(14)37/h3-6,10,16,18-19,22,34-35,38,40H,7-9H2,1-2H3,(H,32,39)/t10-,16-,18+,19-,22+,27+/m0/s1. The van der Waals surface area contributed by atoms with Crippen LogP contribution in [-0.2, 0) is 25.5 Å². The van der Waals surface area contributed by atoms with E-state index in [4.69, 9.17) is 9.47 Å². The van der Waals surface area contributed by atoms with Gasteiger partial charge in [-0.3, -0.25) is 19.2 Å². The van der Waals surface area contributed by atoms with Crippen molar-refractivity contribution < 1.29 is 62.2 Å². The van der Waals surface area contributed by atoms with Crippen molar-refractivity contribution in [1.82, 2.24) is 5.32 Å². The molecule has 5 rings (SSSR count). The zero-order valence-corrected chi connectivity index (χ0v) is 22.2. The molecule has 11 nitrogen and oxygen atoms in total. The van der Waals surface area contributed by atoms with Gasteiger partial charge in [-0.15, -0.1) is 0 Å². The normalized spacial score (nSPS) is 28.9. The molecule has 224 valence electrons. The molecule has 1 fully saturated rings. The van der Waals surface area contributed by atoms with E-state index in [0.29, 0.717) is 0 Å². The average molecular weight is 594 g/mol. The molecule has 0 bridgehead atoms. The molecule has 0 aromatic heterocycles. The molecule has 0 unspecified atom stereocenters. The van der Waals surface area contributed by atoms with E-state index in [-0.39, 0.29) is 33.4 Å². The lowest BCUT2D eigenvalue weighted by molar-refractivity contribution is -0.250. The van der Waals surface area contributed by atoms with Crippen LogP contribution in [0.15, 0.2) is 24.3 Å². The number of fused-ring (bicyclic) bond motifs is 3. The van der Waals surface area contributed by atoms with Crippen molar-refractivity contribution >= 4 is 23.3 Å². The number of aliphatic hydroxyl groups is 2. The average Bonchev–Trinajstić information content (AvgIpc) is 2.89. The largest absolute Gasteiger partial charge is 0.507 e. The van der Waals surface area contributed by atoms with E-state index in [1.807, 2.05) is 0 Å². The molecule has 2 aromatic carbocycles. The smallest absolute Gasteiger partial charge is 0.471 e. The molecule has 1 aliphatic heterocycles. The lowest BCUT2D eigenvalue weighted by atomic mass is 9.72. The van der Waals surface area contributed by atoms with Crippen molar-refractivity contribution in [3.05, 3.63) is 57.6 Å². The summed E-state index contributed by atoms with van der Waals surface area (Å²) in [5, 5.41) is 44.8. The van der Waals surface area contributed by atoms with Gasteiger partial charge in [-0.25, -0.2) is 0 Å². The summed E-state index contributed by atoms with van der Waals surface area (Å²) in [4.78, 5) is 50.8. The van der Waals surface area contributed by atoms with Gasteiger partial charge in [-0.1, -0.05) is 12.1 Å². The summed E-state index contributed by atoms with van der Waals surface area (Å²) in [5.41, 5.74) is -3.16. The second-order valence-electron chi connectivity index (χ2n) is 10.7. The number of carbonyl (C=O) groups excluding carboxylic acids is 4. The van der Waals surface area contributed by atoms with Crippen LogP contribution < -0.4 is 5.32 Å². The minimum Gasteiger partial charge on any atom is -0.507 e. The molecule has 6 atom stereocenters. The molecule has 2 aromatic rings. The van der Waals surface area contributed by atoms with Crippen molar-refractivity contribution in [3.63, 3.8) is 0 Å². The van der Waals surface area contributed by atoms with Crippen LogP contribution >= 0.6 is 0 Å². The third-order valence-corrected chi connectivity index (χ3v) is 8.02. The molecule has 3 aliphatic rings. The minimum atomic E-state index is -5.22. The van der Waals surface area contributed by atoms with Crippen LogP contribution in [-0.4, -0.2) is 80.0 Å². The number of benzene rings is 2. The lowest BCUT2D eigenvalue weighted by Gasteiger charge is -2.42. The summed E-state index contributed by atoms with van der Waals surface area (Å²) in [5.74, 6) is -5.67. The van der Waals surface area contributed by atoms with Crippen molar-refractivity contribution in [3.8, 4) is 11.5 Å². The SMILES string of the molecule is CC(=O)[C@@]1(O)Cc2c(cc3c(c2O)C(=O)c2cccc(O)c2C3=O)[C@H](O[C@H]2C[C@H](NC(=O)C(F)(F)F)[C@H](O)[C@H](C)O2)C1. The highest BCUT2D eigenvalue weighted by molar-refractivity contribution is 6.30. The first-order chi connectivity index (χ1) is 19.5. The van der Waals surface area contributed by atoms with E-state index >= 15 is 0 Å². The lowest BCUT2D eigenvalue weighted by Crippen LogP contribution is -2.57. The second kappa shape index (κ2) is 10.2. The Kier molecular flexibility index (Phi) is 7.16. The number of amides is 1. The number of phenols is 2. The Labute approximate surface area is 235 Å². The van der Waals surface area contributed by atoms with Gasteiger partial charge in [-0.05, 0) is 31.5 Å². The first kappa shape index (κ1) is 29.6. The number of ketones is 3. The quantitative estimate of drug-likeness (QED) is 0.299. The molecule has 1 amide bonds. The molecule has 42 heavy (non-hydrogen) atoms. The van der Waals surface area contributed by atoms with Crippen LogP contribution in [0.5, 0.6) is 11.5 Å². The maximum absolute atomic E-state index is 13.4. The highest BCUT2D eigenvalue weighted by Crippen LogP contribution is 2.48. The van der Waals surface area contributed by atoms with Crippen molar-refractivity contribution in [1.29, 1.82) is 0 Å². The number of halogens is 3. The number of rotatable bonds is 4. The van der Waals surface area contributed by atoms with E-state index in [1.165, 1.54) is 31.2 Å². The fourth-order valence-electron chi connectivity index (χ4n) is 5.73. The number of Topliss-reactive ketones (excluding diaryl/α,β-unsaturated/α-hetero) is 1. The van der Waals surface area contributed by atoms with Crippen LogP contribution in [0.3, 0.4) is 0 Å². The molecule has 2 aliphatic carbocycles. The number of nitrogens with one attached hydrogen (secondary N) is 1. The van der Waals surface area contributed by atoms with E-state index in [1.54, 1.807) is 5.32 Å². The molecule has 14 heteroatoms. The Bertz CT molecular complexity index is 1520. The molecular weight excluding hydrogens is 567 g/mol. The highest BCUT2D eigenvalue weighted by Gasteiger charge is 2.48. The molecular formula is C28H26F3NO10. The molecule has 1 heterocycles. The number of ether oxygens (including phenoxy) is 2. The van der Waals surface area contributed by atoms with E-state index in [0.717, 1.165) is 6.92 Å². The van der Waals surface area contributed by atoms with E-state index in [9.17, 15) is 52.8 Å². The van der Waals surface area contributed by atoms with Gasteiger partial charge in [0.15, 0.2) is 23.6 Å². The summed E-state index contributed by atoms with van der Waals surface area (Å²) in [7, 11) is 0. The predicted octanol–water partition coefficient (Wildman–Crippen LogP) is 1.74. The number of alkyl halides is 3. The minimum absolute atomic E-state index is 0.0710. The topological polar surface area (TPSA) is 180 Å². The van der Waals surface area contributed by atoms with Crippen molar-refractivity contribution in [2.75, 3.05) is 0 Å². The van der Waals surface area contributed by atoms with Gasteiger partial charge in [0.25, 0.3) is 0 Å². The number of aromatic hydroxyl groups is 2. The number of hydrogen-bond donors (Lipinski definition) is 5. The van der Waals surface area contributed by atoms with Gasteiger partial charge in [0.05, 0.1) is 29.4 Å². The fraction of sp³-hybridized carbons (Fsp3) is 0.429. The molecule has 0 radical (unpaired) electrons. The van der Waals surface area contributed by atoms with Crippen LogP contribution in [0.1, 0.15) is 75.8 Å². The molecule has 1 saturated heterocycles. The third kappa shape index (κ3) is 4.83. The van der Waals surface area contributed by atoms with Crippen LogP contribution in [0, 0.1) is 0 Å². The highest BCUT2D eigenvalue weighted by atomic mass is 19.4. The van der Waals surface area contributed by atoms with Crippen LogP contribution in [0.2, 0.25) is 0 Å². The maximum atomic E-state index is 13.4. The van der Waals surface area contributed by atoms with Gasteiger partial charge in [-0.2, -0.15) is 13.2 Å². The van der Waals surface area contributed by atoms with Crippen LogP contribution in [0.25, 0.3) is 0 Å². The second-order valence-corrected chi connectivity index (χ2v) is 10.7. The monoisotopic (exact) mass is 593 g/mol. The fourth-order valence-corrected chi connectivity index (χ4v) is 5.73. The van der Waals surface area contributed by atoms with Gasteiger partial charge in [0.1, 0.15) is 23.2 Å². The van der Waals surface area contributed by atoms with Gasteiger partial charge < -0.3 is 35.2 Å². The predicted molar refractivity (Wildman–Crippen MR) is 134 cm³/mol. The summed E-state index contributed by atoms with van der Waals surface area (Å²) in [6.45, 7) is 2.44. The van der Waals surface area contributed by atoms with Crippen molar-refractivity contribution in [2.24, 2.45) is 0 Å².